The Bertz CT molecular complexity index is 297. The van der Waals surface area contributed by atoms with Gasteiger partial charge in [-0.1, -0.05) is 5.16 Å². The molecular weight excluding hydrogens is 210 g/mol. The van der Waals surface area contributed by atoms with Crippen LogP contribution in [0.2, 0.25) is 0 Å². The molecule has 1 atom stereocenters. The van der Waals surface area contributed by atoms with Gasteiger partial charge in [0.25, 0.3) is 0 Å². The minimum Gasteiger partial charge on any atom is -0.338 e. The Labute approximate surface area is 94.2 Å². The zero-order chi connectivity index (χ0) is 10.5. The van der Waals surface area contributed by atoms with Crippen molar-refractivity contribution in [1.82, 2.24) is 15.5 Å². The molecule has 0 spiro atoms. The molecule has 1 aromatic heterocycles. The Balaban J connectivity index is 1.86. The highest BCUT2D eigenvalue weighted by atomic mass is 32.2. The van der Waals surface area contributed by atoms with E-state index in [0.717, 1.165) is 37.0 Å². The minimum absolute atomic E-state index is 0.679. The van der Waals surface area contributed by atoms with Crippen LogP contribution in [0.3, 0.4) is 0 Å². The summed E-state index contributed by atoms with van der Waals surface area (Å²) in [6, 6.07) is 0. The first-order valence-corrected chi connectivity index (χ1v) is 6.79. The van der Waals surface area contributed by atoms with Gasteiger partial charge in [-0.3, -0.25) is 0 Å². The molecule has 5 heteroatoms. The van der Waals surface area contributed by atoms with Crippen molar-refractivity contribution in [2.75, 3.05) is 19.3 Å². The monoisotopic (exact) mass is 227 g/mol. The lowest BCUT2D eigenvalue weighted by atomic mass is 9.96. The predicted molar refractivity (Wildman–Crippen MR) is 60.8 cm³/mol. The topological polar surface area (TPSA) is 51.0 Å². The smallest absolute Gasteiger partial charge is 0.236 e. The van der Waals surface area contributed by atoms with Crippen molar-refractivity contribution in [3.8, 4) is 0 Å². The molecule has 84 valence electrons. The van der Waals surface area contributed by atoms with Gasteiger partial charge in [0.1, 0.15) is 0 Å². The molecule has 1 fully saturated rings. The van der Waals surface area contributed by atoms with Crippen molar-refractivity contribution >= 4 is 11.8 Å². The van der Waals surface area contributed by atoms with Crippen molar-refractivity contribution in [2.45, 2.75) is 25.0 Å². The zero-order valence-corrected chi connectivity index (χ0v) is 9.85. The molecule has 0 amide bonds. The molecule has 0 aromatic carbocycles. The summed E-state index contributed by atoms with van der Waals surface area (Å²) in [6.45, 7) is 2.24. The fourth-order valence-electron chi connectivity index (χ4n) is 1.91. The maximum absolute atomic E-state index is 5.14. The molecule has 0 radical (unpaired) electrons. The normalized spacial score (nSPS) is 21.8. The van der Waals surface area contributed by atoms with Gasteiger partial charge in [0.2, 0.25) is 5.89 Å². The Morgan fingerprint density at radius 3 is 3.27 bits per heavy atom. The fraction of sp³-hybridized carbons (Fsp3) is 0.800. The van der Waals surface area contributed by atoms with Crippen LogP contribution in [-0.2, 0) is 12.2 Å². The molecule has 15 heavy (non-hydrogen) atoms. The van der Waals surface area contributed by atoms with E-state index in [1.807, 2.05) is 6.26 Å². The van der Waals surface area contributed by atoms with Crippen LogP contribution in [0.5, 0.6) is 0 Å². The van der Waals surface area contributed by atoms with Gasteiger partial charge in [0, 0.05) is 6.42 Å². The van der Waals surface area contributed by atoms with Gasteiger partial charge in [-0.25, -0.2) is 0 Å². The summed E-state index contributed by atoms with van der Waals surface area (Å²) in [6.07, 6.45) is 5.53. The first-order valence-electron chi connectivity index (χ1n) is 5.39. The van der Waals surface area contributed by atoms with Crippen LogP contribution in [0.4, 0.5) is 0 Å². The van der Waals surface area contributed by atoms with E-state index < -0.39 is 0 Å². The Morgan fingerprint density at radius 2 is 2.53 bits per heavy atom. The van der Waals surface area contributed by atoms with E-state index >= 15 is 0 Å². The number of nitrogens with zero attached hydrogens (tertiary/aromatic N) is 2. The summed E-state index contributed by atoms with van der Waals surface area (Å²) in [7, 11) is 0. The Hall–Kier alpha value is -0.550. The molecule has 1 saturated heterocycles. The Kier molecular flexibility index (Phi) is 4.02. The van der Waals surface area contributed by atoms with Gasteiger partial charge in [-0.05, 0) is 38.1 Å². The minimum atomic E-state index is 0.679. The van der Waals surface area contributed by atoms with E-state index in [9.17, 15) is 0 Å². The summed E-state index contributed by atoms with van der Waals surface area (Å²) in [5.41, 5.74) is 0. The summed E-state index contributed by atoms with van der Waals surface area (Å²) < 4.78 is 5.14. The fourth-order valence-corrected chi connectivity index (χ4v) is 2.28. The molecule has 4 nitrogen and oxygen atoms in total. The van der Waals surface area contributed by atoms with Gasteiger partial charge >= 0.3 is 0 Å². The molecule has 1 N–H and O–H groups in total. The van der Waals surface area contributed by atoms with E-state index in [1.54, 1.807) is 11.8 Å². The zero-order valence-electron chi connectivity index (χ0n) is 9.03. The summed E-state index contributed by atoms with van der Waals surface area (Å²) in [4.78, 5) is 4.37. The average Bonchev–Trinajstić information content (AvgIpc) is 2.68. The van der Waals surface area contributed by atoms with Gasteiger partial charge in [0.05, 0.1) is 5.75 Å². The third-order valence-corrected chi connectivity index (χ3v) is 3.18. The van der Waals surface area contributed by atoms with Crippen LogP contribution in [0, 0.1) is 5.92 Å². The average molecular weight is 227 g/mol. The first kappa shape index (κ1) is 11.0. The van der Waals surface area contributed by atoms with E-state index in [1.165, 1.54) is 12.8 Å². The van der Waals surface area contributed by atoms with Crippen LogP contribution >= 0.6 is 11.8 Å². The number of thioether (sulfide) groups is 1. The van der Waals surface area contributed by atoms with Crippen molar-refractivity contribution in [3.05, 3.63) is 11.7 Å². The second-order valence-electron chi connectivity index (χ2n) is 3.95. The highest BCUT2D eigenvalue weighted by Crippen LogP contribution is 2.15. The quantitative estimate of drug-likeness (QED) is 0.844. The number of rotatable bonds is 4. The van der Waals surface area contributed by atoms with Crippen molar-refractivity contribution in [1.29, 1.82) is 0 Å². The lowest BCUT2D eigenvalue weighted by Crippen LogP contribution is -2.31. The number of piperidine rings is 1. The van der Waals surface area contributed by atoms with E-state index in [2.05, 4.69) is 15.5 Å². The van der Waals surface area contributed by atoms with Crippen LogP contribution in [0.25, 0.3) is 0 Å². The predicted octanol–water partition coefficient (Wildman–Crippen LogP) is 1.47. The van der Waals surface area contributed by atoms with Crippen LogP contribution in [0.15, 0.2) is 4.52 Å². The molecule has 1 unspecified atom stereocenters. The maximum Gasteiger partial charge on any atom is 0.236 e. The number of aromatic nitrogens is 2. The van der Waals surface area contributed by atoms with E-state index in [4.69, 9.17) is 4.52 Å². The summed E-state index contributed by atoms with van der Waals surface area (Å²) in [5.74, 6) is 3.11. The van der Waals surface area contributed by atoms with E-state index in [0.29, 0.717) is 5.92 Å². The first-order chi connectivity index (χ1) is 7.38. The molecule has 0 saturated carbocycles. The maximum atomic E-state index is 5.14. The van der Waals surface area contributed by atoms with Gasteiger partial charge in [0.15, 0.2) is 5.82 Å². The lowest BCUT2D eigenvalue weighted by Gasteiger charge is -2.20. The van der Waals surface area contributed by atoms with Gasteiger partial charge < -0.3 is 9.84 Å². The molecule has 2 heterocycles. The summed E-state index contributed by atoms with van der Waals surface area (Å²) in [5, 5.41) is 7.40. The standard InChI is InChI=1S/C10H17N3OS/c1-15-7-10-12-9(13-14-10)5-8-3-2-4-11-6-8/h8,11H,2-7H2,1H3. The van der Waals surface area contributed by atoms with Crippen molar-refractivity contribution < 1.29 is 4.52 Å². The van der Waals surface area contributed by atoms with Crippen molar-refractivity contribution in [3.63, 3.8) is 0 Å². The highest BCUT2D eigenvalue weighted by Gasteiger charge is 2.16. The molecule has 0 bridgehead atoms. The molecule has 1 aliphatic rings. The molecule has 1 aliphatic heterocycles. The molecular formula is C10H17N3OS. The van der Waals surface area contributed by atoms with Crippen molar-refractivity contribution in [2.24, 2.45) is 5.92 Å². The molecule has 1 aromatic rings. The molecule has 0 aliphatic carbocycles. The third kappa shape index (κ3) is 3.21. The van der Waals surface area contributed by atoms with Gasteiger partial charge in [-0.15, -0.1) is 0 Å². The second kappa shape index (κ2) is 5.51. The third-order valence-electron chi connectivity index (χ3n) is 2.65. The molecule has 2 rings (SSSR count). The van der Waals surface area contributed by atoms with Crippen LogP contribution in [0.1, 0.15) is 24.6 Å². The van der Waals surface area contributed by atoms with Gasteiger partial charge in [-0.2, -0.15) is 16.7 Å². The number of nitrogens with one attached hydrogen (secondary N) is 1. The van der Waals surface area contributed by atoms with E-state index in [-0.39, 0.29) is 0 Å². The number of hydrogen-bond acceptors (Lipinski definition) is 5. The SMILES string of the molecule is CSCc1nc(CC2CCCNC2)no1. The Morgan fingerprint density at radius 1 is 1.60 bits per heavy atom. The lowest BCUT2D eigenvalue weighted by molar-refractivity contribution is 0.353. The van der Waals surface area contributed by atoms with Crippen LogP contribution < -0.4 is 5.32 Å². The number of hydrogen-bond donors (Lipinski definition) is 1. The second-order valence-corrected chi connectivity index (χ2v) is 4.82. The summed E-state index contributed by atoms with van der Waals surface area (Å²) >= 11 is 1.71. The largest absolute Gasteiger partial charge is 0.338 e. The van der Waals surface area contributed by atoms with Crippen LogP contribution in [-0.4, -0.2) is 29.5 Å². The highest BCUT2D eigenvalue weighted by molar-refractivity contribution is 7.97.